The fourth-order valence-corrected chi connectivity index (χ4v) is 11.4. The fourth-order valence-electron chi connectivity index (χ4n) is 11.4. The van der Waals surface area contributed by atoms with E-state index in [0.717, 1.165) is 57.3 Å². The number of aliphatic imine (C=N–C) groups is 1. The number of nitrogens with zero attached hydrogens (tertiary/aromatic N) is 2. The lowest BCUT2D eigenvalue weighted by molar-refractivity contribution is -0.282. The Balaban J connectivity index is 1.14. The van der Waals surface area contributed by atoms with Crippen LogP contribution < -0.4 is 0 Å². The van der Waals surface area contributed by atoms with Gasteiger partial charge in [-0.1, -0.05) is 13.3 Å². The van der Waals surface area contributed by atoms with Gasteiger partial charge in [0.05, 0.1) is 36.1 Å². The summed E-state index contributed by atoms with van der Waals surface area (Å²) in [5, 5.41) is 46.0. The number of esters is 1. The molecule has 4 N–H and O–H groups in total. The van der Waals surface area contributed by atoms with Gasteiger partial charge in [-0.2, -0.15) is 0 Å². The molecule has 3 heterocycles. The molecule has 0 aromatic carbocycles. The first-order valence-corrected chi connectivity index (χ1v) is 18.2. The molecule has 0 radical (unpaired) electrons. The number of hydrogen-bond donors (Lipinski definition) is 4. The third-order valence-corrected chi connectivity index (χ3v) is 14.0. The van der Waals surface area contributed by atoms with Crippen LogP contribution >= 0.6 is 0 Å². The lowest BCUT2D eigenvalue weighted by Gasteiger charge is -2.66. The number of likely N-dealkylation sites (tertiary alicyclic amines) is 1. The Morgan fingerprint density at radius 1 is 1.04 bits per heavy atom. The van der Waals surface area contributed by atoms with E-state index >= 15 is 0 Å². The second-order valence-electron chi connectivity index (χ2n) is 16.1. The summed E-state index contributed by atoms with van der Waals surface area (Å²) in [6.07, 6.45) is 11.0. The molecule has 3 aliphatic heterocycles. The molecule has 2 saturated heterocycles. The lowest BCUT2D eigenvalue weighted by atomic mass is 9.41. The zero-order valence-corrected chi connectivity index (χ0v) is 27.8. The highest BCUT2D eigenvalue weighted by atomic mass is 16.7. The van der Waals surface area contributed by atoms with Crippen molar-refractivity contribution >= 4 is 12.2 Å². The summed E-state index contributed by atoms with van der Waals surface area (Å²) in [7, 11) is 0. The Hall–Kier alpha value is -1.40. The molecule has 0 amide bonds. The van der Waals surface area contributed by atoms with E-state index in [1.165, 1.54) is 19.3 Å². The van der Waals surface area contributed by atoms with Gasteiger partial charge < -0.3 is 39.5 Å². The summed E-state index contributed by atoms with van der Waals surface area (Å²) in [5.74, 6) is -0.0415. The number of aliphatic hydroxyl groups excluding tert-OH is 2. The van der Waals surface area contributed by atoms with Gasteiger partial charge in [0.1, 0.15) is 12.7 Å². The highest BCUT2D eigenvalue weighted by Gasteiger charge is 2.71. The number of fused-ring (bicyclic) bond motifs is 5. The minimum atomic E-state index is -1.04. The maximum absolute atomic E-state index is 12.8. The van der Waals surface area contributed by atoms with E-state index in [-0.39, 0.29) is 41.7 Å². The molecule has 12 atom stereocenters. The van der Waals surface area contributed by atoms with Crippen molar-refractivity contribution in [3.8, 4) is 0 Å². The van der Waals surface area contributed by atoms with E-state index in [1.54, 1.807) is 13.0 Å². The molecule has 4 saturated carbocycles. The summed E-state index contributed by atoms with van der Waals surface area (Å²) in [4.78, 5) is 19.6. The van der Waals surface area contributed by atoms with Gasteiger partial charge in [-0.3, -0.25) is 4.99 Å². The first kappa shape index (κ1) is 33.1. The highest BCUT2D eigenvalue weighted by molar-refractivity contribution is 5.85. The molecule has 46 heavy (non-hydrogen) atoms. The van der Waals surface area contributed by atoms with E-state index in [0.29, 0.717) is 38.8 Å². The van der Waals surface area contributed by atoms with Gasteiger partial charge in [0.2, 0.25) is 0 Å². The molecular weight excluding hydrogens is 588 g/mol. The van der Waals surface area contributed by atoms with Gasteiger partial charge in [-0.25, -0.2) is 4.79 Å². The standard InChI is InChI=1S/C36H56N2O8/c1-23-32(41)29(39)19-31(45-23)46-25-6-11-34(22-37-14-17-38-15-4-3-5-16-38)27-7-10-33(2)26(24-18-30(40)44-21-24)9-13-36(33,43)28(27)8-12-35(34,42)20-25/h18,22-23,25-29,31-32,39,41-43H,3-17,19-21H2,1-2H3/t23-,25+,26+,27-,28+,29+,31+,32+,33-,34+,35-,36+/m1/s1. The van der Waals surface area contributed by atoms with Crippen LogP contribution in [-0.4, -0.2) is 112 Å². The minimum Gasteiger partial charge on any atom is -0.458 e. The average Bonchev–Trinajstić information content (AvgIpc) is 3.58. The van der Waals surface area contributed by atoms with Gasteiger partial charge in [0, 0.05) is 42.5 Å². The molecule has 0 bridgehead atoms. The van der Waals surface area contributed by atoms with Crippen molar-refractivity contribution in [3.05, 3.63) is 11.6 Å². The Morgan fingerprint density at radius 3 is 2.57 bits per heavy atom. The zero-order chi connectivity index (χ0) is 32.3. The number of ether oxygens (including phenoxy) is 3. The smallest absolute Gasteiger partial charge is 0.331 e. The van der Waals surface area contributed by atoms with Crippen LogP contribution in [0.3, 0.4) is 0 Å². The third kappa shape index (κ3) is 5.42. The molecule has 258 valence electrons. The minimum absolute atomic E-state index is 0.0281. The number of cyclic esters (lactones) is 1. The summed E-state index contributed by atoms with van der Waals surface area (Å²) < 4.78 is 17.6. The molecule has 7 aliphatic rings. The summed E-state index contributed by atoms with van der Waals surface area (Å²) in [5.41, 5.74) is -1.83. The normalized spacial score (nSPS) is 49.7. The molecule has 7 rings (SSSR count). The van der Waals surface area contributed by atoms with Crippen molar-refractivity contribution in [2.75, 3.05) is 32.8 Å². The van der Waals surface area contributed by atoms with E-state index < -0.39 is 41.2 Å². The number of rotatable bonds is 7. The molecule has 10 nitrogen and oxygen atoms in total. The number of hydrogen-bond acceptors (Lipinski definition) is 10. The number of piperidine rings is 1. The van der Waals surface area contributed by atoms with Crippen LogP contribution in [0, 0.1) is 28.6 Å². The molecule has 0 unspecified atom stereocenters. The predicted octanol–water partition coefficient (Wildman–Crippen LogP) is 3.14. The van der Waals surface area contributed by atoms with Gasteiger partial charge in [0.25, 0.3) is 0 Å². The van der Waals surface area contributed by atoms with E-state index in [2.05, 4.69) is 18.0 Å². The third-order valence-electron chi connectivity index (χ3n) is 14.0. The Morgan fingerprint density at radius 2 is 1.83 bits per heavy atom. The molecular formula is C36H56N2O8. The van der Waals surface area contributed by atoms with Gasteiger partial charge in [-0.15, -0.1) is 0 Å². The molecule has 0 aromatic rings. The SMILES string of the molecule is C[C@H]1O[C@@H](O[C@H]2CC[C@]3(C=NCCN4CCCCC4)[C@@H]4CC[C@]5(C)[C@H](C6=CC(=O)OC6)CC[C@]5(O)[C@H]4CC[C@@]3(O)C2)C[C@H](O)[C@H]1O. The van der Waals surface area contributed by atoms with E-state index in [9.17, 15) is 25.2 Å². The van der Waals surface area contributed by atoms with Crippen molar-refractivity contribution in [1.82, 2.24) is 4.90 Å². The van der Waals surface area contributed by atoms with Crippen LogP contribution in [0.2, 0.25) is 0 Å². The zero-order valence-electron chi connectivity index (χ0n) is 27.8. The molecule has 4 aliphatic carbocycles. The van der Waals surface area contributed by atoms with Crippen molar-refractivity contribution < 1.29 is 39.4 Å². The van der Waals surface area contributed by atoms with Gasteiger partial charge in [-0.05, 0) is 108 Å². The molecule has 0 spiro atoms. The van der Waals surface area contributed by atoms with Crippen molar-refractivity contribution in [2.45, 2.75) is 139 Å². The number of aliphatic hydroxyl groups is 4. The Bertz CT molecular complexity index is 1190. The van der Waals surface area contributed by atoms with Crippen LogP contribution in [0.1, 0.15) is 97.3 Å². The van der Waals surface area contributed by atoms with Crippen LogP contribution in [0.4, 0.5) is 0 Å². The average molecular weight is 645 g/mol. The first-order chi connectivity index (χ1) is 22.0. The first-order valence-electron chi connectivity index (χ1n) is 18.2. The van der Waals surface area contributed by atoms with Crippen molar-refractivity contribution in [1.29, 1.82) is 0 Å². The summed E-state index contributed by atoms with van der Waals surface area (Å²) >= 11 is 0. The quantitative estimate of drug-likeness (QED) is 0.187. The largest absolute Gasteiger partial charge is 0.458 e. The maximum Gasteiger partial charge on any atom is 0.331 e. The number of carbonyl (C=O) groups is 1. The molecule has 6 fully saturated rings. The maximum atomic E-state index is 12.8. The topological polar surface area (TPSA) is 141 Å². The highest BCUT2D eigenvalue weighted by Crippen LogP contribution is 2.70. The van der Waals surface area contributed by atoms with Crippen molar-refractivity contribution in [2.24, 2.45) is 33.6 Å². The molecule has 10 heteroatoms. The van der Waals surface area contributed by atoms with Crippen LogP contribution in [0.5, 0.6) is 0 Å². The summed E-state index contributed by atoms with van der Waals surface area (Å²) in [6, 6.07) is 0. The summed E-state index contributed by atoms with van der Waals surface area (Å²) in [6.45, 7) is 8.19. The number of carbonyl (C=O) groups excluding carboxylic acids is 1. The van der Waals surface area contributed by atoms with Gasteiger partial charge in [0.15, 0.2) is 6.29 Å². The van der Waals surface area contributed by atoms with Crippen LogP contribution in [0.25, 0.3) is 0 Å². The molecule has 0 aromatic heterocycles. The van der Waals surface area contributed by atoms with E-state index in [1.807, 2.05) is 0 Å². The van der Waals surface area contributed by atoms with E-state index in [4.69, 9.17) is 19.2 Å². The Kier molecular flexibility index (Phi) is 8.99. The monoisotopic (exact) mass is 644 g/mol. The van der Waals surface area contributed by atoms with Gasteiger partial charge >= 0.3 is 5.97 Å². The van der Waals surface area contributed by atoms with Crippen LogP contribution in [-0.2, 0) is 19.0 Å². The van der Waals surface area contributed by atoms with Crippen molar-refractivity contribution in [3.63, 3.8) is 0 Å². The fraction of sp³-hybridized carbons (Fsp3) is 0.889. The predicted molar refractivity (Wildman–Crippen MR) is 171 cm³/mol. The second-order valence-corrected chi connectivity index (χ2v) is 16.1. The Labute approximate surface area is 273 Å². The second kappa shape index (κ2) is 12.5. The lowest BCUT2D eigenvalue weighted by Crippen LogP contribution is -2.69. The van der Waals surface area contributed by atoms with Crippen LogP contribution in [0.15, 0.2) is 16.6 Å².